The lowest BCUT2D eigenvalue weighted by molar-refractivity contribution is 0.0659. The van der Waals surface area contributed by atoms with E-state index in [0.29, 0.717) is 5.56 Å². The number of aromatic nitrogens is 1. The minimum absolute atomic E-state index is 0.0418. The minimum atomic E-state index is 0.0418. The SMILES string of the molecule is COc1ccc(OC)c(-c2ccc(C(=O)N(C)C3CCN(C)CC3)c(N3CCN(C)CC3)n2)c1. The Labute approximate surface area is 203 Å². The van der Waals surface area contributed by atoms with Crippen molar-refractivity contribution in [3.8, 4) is 22.8 Å². The molecule has 2 aliphatic heterocycles. The molecule has 2 aliphatic rings. The summed E-state index contributed by atoms with van der Waals surface area (Å²) in [7, 11) is 9.50. The maximum absolute atomic E-state index is 13.7. The molecule has 2 fully saturated rings. The lowest BCUT2D eigenvalue weighted by Gasteiger charge is -2.37. The van der Waals surface area contributed by atoms with Gasteiger partial charge in [0.2, 0.25) is 0 Å². The fraction of sp³-hybridized carbons (Fsp3) is 0.538. The molecule has 0 unspecified atom stereocenters. The van der Waals surface area contributed by atoms with E-state index in [0.717, 1.165) is 80.7 Å². The van der Waals surface area contributed by atoms with Crippen LogP contribution in [0.3, 0.4) is 0 Å². The van der Waals surface area contributed by atoms with E-state index in [9.17, 15) is 4.79 Å². The van der Waals surface area contributed by atoms with Crippen LogP contribution >= 0.6 is 0 Å². The number of hydrogen-bond donors (Lipinski definition) is 0. The van der Waals surface area contributed by atoms with Crippen molar-refractivity contribution in [2.45, 2.75) is 18.9 Å². The van der Waals surface area contributed by atoms with Crippen LogP contribution in [-0.4, -0.2) is 106 Å². The lowest BCUT2D eigenvalue weighted by Crippen LogP contribution is -2.47. The number of hydrogen-bond acceptors (Lipinski definition) is 7. The number of piperazine rings is 1. The molecule has 0 atom stereocenters. The molecule has 4 rings (SSSR count). The maximum Gasteiger partial charge on any atom is 0.257 e. The molecule has 1 aromatic carbocycles. The highest BCUT2D eigenvalue weighted by atomic mass is 16.5. The molecule has 0 bridgehead atoms. The Hall–Kier alpha value is -2.84. The van der Waals surface area contributed by atoms with Gasteiger partial charge in [-0.1, -0.05) is 0 Å². The fourth-order valence-corrected chi connectivity index (χ4v) is 4.78. The monoisotopic (exact) mass is 467 g/mol. The average Bonchev–Trinajstić information content (AvgIpc) is 2.88. The number of carbonyl (C=O) groups is 1. The van der Waals surface area contributed by atoms with E-state index in [1.54, 1.807) is 14.2 Å². The second-order valence-corrected chi connectivity index (χ2v) is 9.37. The molecule has 8 nitrogen and oxygen atoms in total. The Morgan fingerprint density at radius 2 is 1.62 bits per heavy atom. The molecule has 2 saturated heterocycles. The number of methoxy groups -OCH3 is 2. The van der Waals surface area contributed by atoms with E-state index in [4.69, 9.17) is 14.5 Å². The van der Waals surface area contributed by atoms with Gasteiger partial charge in [0.25, 0.3) is 5.91 Å². The van der Waals surface area contributed by atoms with Crippen LogP contribution in [0.25, 0.3) is 11.3 Å². The van der Waals surface area contributed by atoms with Gasteiger partial charge in [0.1, 0.15) is 17.3 Å². The van der Waals surface area contributed by atoms with Gasteiger partial charge in [0.05, 0.1) is 25.5 Å². The van der Waals surface area contributed by atoms with E-state index in [-0.39, 0.29) is 11.9 Å². The van der Waals surface area contributed by atoms with Gasteiger partial charge in [-0.15, -0.1) is 0 Å². The van der Waals surface area contributed by atoms with Crippen LogP contribution in [0.4, 0.5) is 5.82 Å². The Bertz CT molecular complexity index is 998. The Morgan fingerprint density at radius 1 is 0.941 bits per heavy atom. The van der Waals surface area contributed by atoms with Crippen LogP contribution in [0.2, 0.25) is 0 Å². The van der Waals surface area contributed by atoms with Crippen molar-refractivity contribution < 1.29 is 14.3 Å². The van der Waals surface area contributed by atoms with Crippen LogP contribution < -0.4 is 14.4 Å². The first-order valence-corrected chi connectivity index (χ1v) is 12.0. The van der Waals surface area contributed by atoms with Crippen molar-refractivity contribution in [1.29, 1.82) is 0 Å². The summed E-state index contributed by atoms with van der Waals surface area (Å²) in [6, 6.07) is 9.80. The van der Waals surface area contributed by atoms with Crippen LogP contribution in [0.1, 0.15) is 23.2 Å². The molecule has 0 saturated carbocycles. The number of piperidine rings is 1. The minimum Gasteiger partial charge on any atom is -0.497 e. The molecule has 34 heavy (non-hydrogen) atoms. The first kappa shape index (κ1) is 24.3. The van der Waals surface area contributed by atoms with Gasteiger partial charge < -0.3 is 29.1 Å². The van der Waals surface area contributed by atoms with Gasteiger partial charge in [-0.25, -0.2) is 4.98 Å². The van der Waals surface area contributed by atoms with Gasteiger partial charge in [-0.2, -0.15) is 0 Å². The smallest absolute Gasteiger partial charge is 0.257 e. The van der Waals surface area contributed by atoms with Gasteiger partial charge in [-0.3, -0.25) is 4.79 Å². The fourth-order valence-electron chi connectivity index (χ4n) is 4.78. The number of carbonyl (C=O) groups excluding carboxylic acids is 1. The Balaban J connectivity index is 1.71. The van der Waals surface area contributed by atoms with Crippen molar-refractivity contribution in [1.82, 2.24) is 19.7 Å². The van der Waals surface area contributed by atoms with Crippen LogP contribution in [0.15, 0.2) is 30.3 Å². The van der Waals surface area contributed by atoms with Crippen LogP contribution in [-0.2, 0) is 0 Å². The Kier molecular flexibility index (Phi) is 7.58. The number of benzene rings is 1. The van der Waals surface area contributed by atoms with E-state index in [1.807, 2.05) is 42.3 Å². The molecule has 2 aromatic rings. The molecule has 0 N–H and O–H groups in total. The summed E-state index contributed by atoms with van der Waals surface area (Å²) in [5, 5.41) is 0. The predicted octanol–water partition coefficient (Wildman–Crippen LogP) is 2.68. The summed E-state index contributed by atoms with van der Waals surface area (Å²) in [5.74, 6) is 2.25. The number of rotatable bonds is 6. The quantitative estimate of drug-likeness (QED) is 0.647. The zero-order valence-corrected chi connectivity index (χ0v) is 21.1. The number of pyridine rings is 1. The highest BCUT2D eigenvalue weighted by Gasteiger charge is 2.29. The number of anilines is 1. The van der Waals surface area contributed by atoms with Gasteiger partial charge in [0.15, 0.2) is 0 Å². The van der Waals surface area contributed by atoms with Crippen LogP contribution in [0, 0.1) is 0 Å². The van der Waals surface area contributed by atoms with E-state index < -0.39 is 0 Å². The zero-order valence-electron chi connectivity index (χ0n) is 21.1. The summed E-state index contributed by atoms with van der Waals surface area (Å²) < 4.78 is 11.0. The van der Waals surface area contributed by atoms with E-state index >= 15 is 0 Å². The summed E-state index contributed by atoms with van der Waals surface area (Å²) in [6.45, 7) is 5.57. The molecule has 0 radical (unpaired) electrons. The van der Waals surface area contributed by atoms with Crippen molar-refractivity contribution >= 4 is 11.7 Å². The predicted molar refractivity (Wildman–Crippen MR) is 135 cm³/mol. The first-order chi connectivity index (χ1) is 16.4. The molecule has 184 valence electrons. The molecule has 3 heterocycles. The van der Waals surface area contributed by atoms with Gasteiger partial charge in [0, 0.05) is 44.8 Å². The first-order valence-electron chi connectivity index (χ1n) is 12.0. The van der Waals surface area contributed by atoms with E-state index in [2.05, 4.69) is 28.8 Å². The van der Waals surface area contributed by atoms with E-state index in [1.165, 1.54) is 0 Å². The third-order valence-electron chi connectivity index (χ3n) is 7.15. The molecular formula is C26H37N5O3. The average molecular weight is 468 g/mol. The van der Waals surface area contributed by atoms with Crippen molar-refractivity contribution in [3.63, 3.8) is 0 Å². The second-order valence-electron chi connectivity index (χ2n) is 9.37. The third-order valence-corrected chi connectivity index (χ3v) is 7.15. The molecule has 0 aliphatic carbocycles. The summed E-state index contributed by atoms with van der Waals surface area (Å²) in [6.07, 6.45) is 1.99. The summed E-state index contributed by atoms with van der Waals surface area (Å²) >= 11 is 0. The lowest BCUT2D eigenvalue weighted by atomic mass is 10.0. The third kappa shape index (κ3) is 5.13. The largest absolute Gasteiger partial charge is 0.497 e. The maximum atomic E-state index is 13.7. The highest BCUT2D eigenvalue weighted by molar-refractivity contribution is 5.99. The summed E-state index contributed by atoms with van der Waals surface area (Å²) in [4.78, 5) is 27.6. The van der Waals surface area contributed by atoms with Crippen LogP contribution in [0.5, 0.6) is 11.5 Å². The number of amides is 1. The number of likely N-dealkylation sites (tertiary alicyclic amines) is 1. The van der Waals surface area contributed by atoms with Crippen molar-refractivity contribution in [3.05, 3.63) is 35.9 Å². The standard InChI is InChI=1S/C26H37N5O3/c1-28-12-10-19(11-13-28)30(3)26(32)21-7-8-23(22-18-20(33-4)6-9-24(22)34-5)27-25(21)31-16-14-29(2)15-17-31/h6-9,18-19H,10-17H2,1-5H3. The molecule has 8 heteroatoms. The van der Waals surface area contributed by atoms with Crippen molar-refractivity contribution in [2.24, 2.45) is 0 Å². The number of likely N-dealkylation sites (N-methyl/N-ethyl adjacent to an activating group) is 1. The highest BCUT2D eigenvalue weighted by Crippen LogP contribution is 2.35. The number of ether oxygens (including phenoxy) is 2. The molecule has 1 aromatic heterocycles. The topological polar surface area (TPSA) is 61.4 Å². The van der Waals surface area contributed by atoms with Crippen molar-refractivity contribution in [2.75, 3.05) is 79.5 Å². The second kappa shape index (κ2) is 10.6. The zero-order chi connectivity index (χ0) is 24.2. The number of nitrogens with zero attached hydrogens (tertiary/aromatic N) is 5. The Morgan fingerprint density at radius 3 is 2.26 bits per heavy atom. The summed E-state index contributed by atoms with van der Waals surface area (Å²) in [5.41, 5.74) is 2.28. The van der Waals surface area contributed by atoms with Gasteiger partial charge in [-0.05, 0) is 70.4 Å². The van der Waals surface area contributed by atoms with Gasteiger partial charge >= 0.3 is 0 Å². The molecule has 1 amide bonds. The normalized spacial score (nSPS) is 18.1. The molecular weight excluding hydrogens is 430 g/mol. The molecule has 0 spiro atoms.